The number of carbonyl (C=O) groups excluding carboxylic acids is 1. The number of primary amides is 1. The van der Waals surface area contributed by atoms with Crippen molar-refractivity contribution in [3.05, 3.63) is 29.8 Å². The standard InChI is InChI=1S/C12H18N2O2S/c1-16-6-5-14-8-10-3-2-4-11(7-10)17-9-12(13)15/h2-4,7,14H,5-6,8-9H2,1H3,(H2,13,15). The number of methoxy groups -OCH3 is 1. The van der Waals surface area contributed by atoms with Gasteiger partial charge in [-0.1, -0.05) is 12.1 Å². The fourth-order valence-corrected chi connectivity index (χ4v) is 2.03. The van der Waals surface area contributed by atoms with Gasteiger partial charge in [0.2, 0.25) is 5.91 Å². The van der Waals surface area contributed by atoms with Crippen molar-refractivity contribution in [1.29, 1.82) is 0 Å². The largest absolute Gasteiger partial charge is 0.383 e. The Kier molecular flexibility index (Phi) is 6.69. The van der Waals surface area contributed by atoms with Crippen molar-refractivity contribution in [1.82, 2.24) is 5.32 Å². The minimum absolute atomic E-state index is 0.293. The first-order valence-electron chi connectivity index (χ1n) is 5.42. The van der Waals surface area contributed by atoms with Crippen LogP contribution in [0.4, 0.5) is 0 Å². The molecule has 3 N–H and O–H groups in total. The average molecular weight is 254 g/mol. The second kappa shape index (κ2) is 8.11. The molecule has 0 spiro atoms. The van der Waals surface area contributed by atoms with E-state index in [1.807, 2.05) is 18.2 Å². The minimum atomic E-state index is -0.293. The van der Waals surface area contributed by atoms with Crippen molar-refractivity contribution in [3.8, 4) is 0 Å². The highest BCUT2D eigenvalue weighted by atomic mass is 32.2. The van der Waals surface area contributed by atoms with E-state index in [2.05, 4.69) is 11.4 Å². The summed E-state index contributed by atoms with van der Waals surface area (Å²) < 4.78 is 4.95. The molecule has 4 nitrogen and oxygen atoms in total. The number of ether oxygens (including phenoxy) is 1. The van der Waals surface area contributed by atoms with Crippen LogP contribution in [-0.4, -0.2) is 31.9 Å². The van der Waals surface area contributed by atoms with E-state index >= 15 is 0 Å². The van der Waals surface area contributed by atoms with Crippen LogP contribution in [0.1, 0.15) is 5.56 Å². The van der Waals surface area contributed by atoms with Gasteiger partial charge in [-0.3, -0.25) is 4.79 Å². The fourth-order valence-electron chi connectivity index (χ4n) is 1.31. The van der Waals surface area contributed by atoms with Gasteiger partial charge < -0.3 is 15.8 Å². The van der Waals surface area contributed by atoms with Crippen LogP contribution in [0, 0.1) is 0 Å². The Hall–Kier alpha value is -1.04. The molecule has 0 atom stereocenters. The van der Waals surface area contributed by atoms with E-state index in [4.69, 9.17) is 10.5 Å². The summed E-state index contributed by atoms with van der Waals surface area (Å²) in [5.74, 6) is 0.0271. The number of benzene rings is 1. The van der Waals surface area contributed by atoms with Crippen molar-refractivity contribution in [2.45, 2.75) is 11.4 Å². The Morgan fingerprint density at radius 1 is 1.53 bits per heavy atom. The fraction of sp³-hybridized carbons (Fsp3) is 0.417. The molecule has 1 aromatic rings. The van der Waals surface area contributed by atoms with E-state index < -0.39 is 0 Å². The molecular formula is C12H18N2O2S. The van der Waals surface area contributed by atoms with Gasteiger partial charge in [0.1, 0.15) is 0 Å². The SMILES string of the molecule is COCCNCc1cccc(SCC(N)=O)c1. The van der Waals surface area contributed by atoms with Gasteiger partial charge in [0.25, 0.3) is 0 Å². The third-order valence-electron chi connectivity index (χ3n) is 2.09. The molecule has 0 aromatic heterocycles. The van der Waals surface area contributed by atoms with E-state index in [1.165, 1.54) is 17.3 Å². The Labute approximate surface area is 106 Å². The third-order valence-corrected chi connectivity index (χ3v) is 3.11. The number of nitrogens with one attached hydrogen (secondary N) is 1. The molecule has 94 valence electrons. The number of rotatable bonds is 8. The van der Waals surface area contributed by atoms with Gasteiger partial charge in [-0.05, 0) is 17.7 Å². The quantitative estimate of drug-likeness (QED) is 0.536. The highest BCUT2D eigenvalue weighted by molar-refractivity contribution is 8.00. The van der Waals surface area contributed by atoms with Crippen molar-refractivity contribution >= 4 is 17.7 Å². The summed E-state index contributed by atoms with van der Waals surface area (Å²) in [6.45, 7) is 2.33. The predicted octanol–water partition coefficient (Wildman–Crippen LogP) is 1.000. The lowest BCUT2D eigenvalue weighted by atomic mass is 10.2. The van der Waals surface area contributed by atoms with Crippen LogP contribution in [0.2, 0.25) is 0 Å². The molecule has 0 unspecified atom stereocenters. The lowest BCUT2D eigenvalue weighted by Gasteiger charge is -2.06. The van der Waals surface area contributed by atoms with Crippen LogP contribution >= 0.6 is 11.8 Å². The van der Waals surface area contributed by atoms with Crippen LogP contribution < -0.4 is 11.1 Å². The molecule has 1 rings (SSSR count). The van der Waals surface area contributed by atoms with Gasteiger partial charge in [-0.15, -0.1) is 11.8 Å². The van der Waals surface area contributed by atoms with Gasteiger partial charge >= 0.3 is 0 Å². The zero-order valence-electron chi connectivity index (χ0n) is 9.94. The topological polar surface area (TPSA) is 64.3 Å². The van der Waals surface area contributed by atoms with E-state index in [1.54, 1.807) is 7.11 Å². The van der Waals surface area contributed by atoms with Gasteiger partial charge in [0.05, 0.1) is 12.4 Å². The molecule has 0 radical (unpaired) electrons. The lowest BCUT2D eigenvalue weighted by Crippen LogP contribution is -2.18. The van der Waals surface area contributed by atoms with Crippen LogP contribution in [0.3, 0.4) is 0 Å². The molecule has 0 aliphatic heterocycles. The highest BCUT2D eigenvalue weighted by Gasteiger charge is 1.99. The number of amides is 1. The van der Waals surface area contributed by atoms with Crippen LogP contribution in [0.5, 0.6) is 0 Å². The Morgan fingerprint density at radius 3 is 3.06 bits per heavy atom. The third kappa shape index (κ3) is 6.31. The zero-order valence-corrected chi connectivity index (χ0v) is 10.8. The molecule has 0 saturated carbocycles. The predicted molar refractivity (Wildman–Crippen MR) is 69.9 cm³/mol. The van der Waals surface area contributed by atoms with Crippen molar-refractivity contribution in [2.24, 2.45) is 5.73 Å². The Bertz CT molecular complexity index is 358. The molecule has 1 aromatic carbocycles. The molecule has 0 fully saturated rings. The van der Waals surface area contributed by atoms with E-state index in [9.17, 15) is 4.79 Å². The maximum Gasteiger partial charge on any atom is 0.227 e. The van der Waals surface area contributed by atoms with Crippen LogP contribution in [0.15, 0.2) is 29.2 Å². The van der Waals surface area contributed by atoms with Crippen molar-refractivity contribution in [3.63, 3.8) is 0 Å². The molecule has 0 aliphatic rings. The molecule has 17 heavy (non-hydrogen) atoms. The van der Waals surface area contributed by atoms with Gasteiger partial charge in [-0.25, -0.2) is 0 Å². The second-order valence-electron chi connectivity index (χ2n) is 3.57. The zero-order chi connectivity index (χ0) is 12.5. The Morgan fingerprint density at radius 2 is 2.35 bits per heavy atom. The van der Waals surface area contributed by atoms with E-state index in [0.29, 0.717) is 12.4 Å². The maximum absolute atomic E-state index is 10.7. The Balaban J connectivity index is 2.39. The summed E-state index contributed by atoms with van der Waals surface area (Å²) in [4.78, 5) is 11.7. The number of hydrogen-bond donors (Lipinski definition) is 2. The summed E-state index contributed by atoms with van der Waals surface area (Å²) in [5.41, 5.74) is 6.30. The molecule has 0 bridgehead atoms. The lowest BCUT2D eigenvalue weighted by molar-refractivity contribution is -0.115. The smallest absolute Gasteiger partial charge is 0.227 e. The molecule has 0 aliphatic carbocycles. The number of carbonyl (C=O) groups is 1. The van der Waals surface area contributed by atoms with Gasteiger partial charge in [-0.2, -0.15) is 0 Å². The normalized spacial score (nSPS) is 10.4. The van der Waals surface area contributed by atoms with Crippen molar-refractivity contribution in [2.75, 3.05) is 26.0 Å². The van der Waals surface area contributed by atoms with E-state index in [-0.39, 0.29) is 5.91 Å². The minimum Gasteiger partial charge on any atom is -0.383 e. The van der Waals surface area contributed by atoms with Crippen LogP contribution in [0.25, 0.3) is 0 Å². The molecule has 0 heterocycles. The van der Waals surface area contributed by atoms with Crippen LogP contribution in [-0.2, 0) is 16.1 Å². The number of thioether (sulfide) groups is 1. The molecular weight excluding hydrogens is 236 g/mol. The summed E-state index contributed by atoms with van der Waals surface area (Å²) in [5, 5.41) is 3.27. The average Bonchev–Trinajstić information content (AvgIpc) is 2.33. The number of nitrogens with two attached hydrogens (primary N) is 1. The van der Waals surface area contributed by atoms with Gasteiger partial charge in [0, 0.05) is 25.1 Å². The molecule has 0 saturated heterocycles. The first kappa shape index (κ1) is 14.0. The maximum atomic E-state index is 10.7. The molecule has 1 amide bonds. The summed E-state index contributed by atoms with van der Waals surface area (Å²) in [6, 6.07) is 8.07. The summed E-state index contributed by atoms with van der Waals surface area (Å²) >= 11 is 1.46. The van der Waals surface area contributed by atoms with Crippen molar-refractivity contribution < 1.29 is 9.53 Å². The summed E-state index contributed by atoms with van der Waals surface area (Å²) in [7, 11) is 1.68. The summed E-state index contributed by atoms with van der Waals surface area (Å²) in [6.07, 6.45) is 0. The van der Waals surface area contributed by atoms with E-state index in [0.717, 1.165) is 18.0 Å². The monoisotopic (exact) mass is 254 g/mol. The first-order valence-corrected chi connectivity index (χ1v) is 6.40. The number of hydrogen-bond acceptors (Lipinski definition) is 4. The van der Waals surface area contributed by atoms with Gasteiger partial charge in [0.15, 0.2) is 0 Å². The first-order chi connectivity index (χ1) is 8.22. The second-order valence-corrected chi connectivity index (χ2v) is 4.62. The highest BCUT2D eigenvalue weighted by Crippen LogP contribution is 2.18. The molecule has 5 heteroatoms.